The predicted octanol–water partition coefficient (Wildman–Crippen LogP) is 6.01. The Hall–Kier alpha value is -3.60. The van der Waals surface area contributed by atoms with Crippen molar-refractivity contribution < 1.29 is 14.3 Å². The zero-order valence-electron chi connectivity index (χ0n) is 19.6. The summed E-state index contributed by atoms with van der Waals surface area (Å²) in [4.78, 5) is 27.8. The normalized spacial score (nSPS) is 14.9. The second-order valence-corrected chi connectivity index (χ2v) is 9.56. The molecule has 0 bridgehead atoms. The van der Waals surface area contributed by atoms with Gasteiger partial charge in [0.2, 0.25) is 5.91 Å². The molecule has 3 aromatic carbocycles. The van der Waals surface area contributed by atoms with Gasteiger partial charge >= 0.3 is 0 Å². The number of hydrogen-bond donors (Lipinski definition) is 1. The van der Waals surface area contributed by atoms with Crippen LogP contribution >= 0.6 is 0 Å². The molecule has 2 amide bonds. The van der Waals surface area contributed by atoms with Crippen molar-refractivity contribution in [2.75, 3.05) is 23.4 Å². The molecule has 0 fully saturated rings. The van der Waals surface area contributed by atoms with Crippen LogP contribution in [0.3, 0.4) is 0 Å². The van der Waals surface area contributed by atoms with Crippen LogP contribution in [0.4, 0.5) is 11.4 Å². The first-order chi connectivity index (χ1) is 15.7. The van der Waals surface area contributed by atoms with E-state index < -0.39 is 5.41 Å². The van der Waals surface area contributed by atoms with Crippen LogP contribution in [0.1, 0.15) is 38.1 Å². The maximum Gasteiger partial charge on any atom is 0.255 e. The van der Waals surface area contributed by atoms with Crippen molar-refractivity contribution in [2.24, 2.45) is 11.3 Å². The van der Waals surface area contributed by atoms with Crippen molar-refractivity contribution >= 4 is 23.2 Å². The molecule has 0 aromatic heterocycles. The average Bonchev–Trinajstić information content (AvgIpc) is 2.89. The van der Waals surface area contributed by atoms with E-state index in [9.17, 15) is 9.59 Å². The van der Waals surface area contributed by atoms with Crippen LogP contribution in [0, 0.1) is 11.3 Å². The van der Waals surface area contributed by atoms with Gasteiger partial charge in [-0.25, -0.2) is 0 Å². The van der Waals surface area contributed by atoms with Gasteiger partial charge < -0.3 is 15.0 Å². The number of hydrogen-bond acceptors (Lipinski definition) is 3. The first kappa shape index (κ1) is 22.6. The van der Waals surface area contributed by atoms with E-state index in [1.807, 2.05) is 80.6 Å². The van der Waals surface area contributed by atoms with Crippen molar-refractivity contribution in [1.82, 2.24) is 0 Å². The molecule has 0 aliphatic carbocycles. The second-order valence-electron chi connectivity index (χ2n) is 9.56. The lowest BCUT2D eigenvalue weighted by Gasteiger charge is -2.29. The minimum Gasteiger partial charge on any atom is -0.490 e. The number of fused-ring (bicyclic) bond motifs is 1. The number of nitrogens with zero attached hydrogens (tertiary/aromatic N) is 1. The molecule has 0 unspecified atom stereocenters. The molecule has 1 N–H and O–H groups in total. The molecular formula is C28H30N2O3. The van der Waals surface area contributed by atoms with Gasteiger partial charge in [0.25, 0.3) is 5.91 Å². The summed E-state index contributed by atoms with van der Waals surface area (Å²) in [5.41, 5.74) is 3.48. The van der Waals surface area contributed by atoms with Gasteiger partial charge in [-0.1, -0.05) is 56.3 Å². The maximum absolute atomic E-state index is 13.1. The number of rotatable bonds is 5. The molecule has 1 aliphatic rings. The van der Waals surface area contributed by atoms with E-state index in [2.05, 4.69) is 19.2 Å². The monoisotopic (exact) mass is 442 g/mol. The molecule has 1 aliphatic heterocycles. The number of anilines is 2. The molecular weight excluding hydrogens is 412 g/mol. The number of nitrogens with one attached hydrogen (secondary N) is 1. The van der Waals surface area contributed by atoms with E-state index in [1.165, 1.54) is 0 Å². The number of amides is 2. The predicted molar refractivity (Wildman–Crippen MR) is 133 cm³/mol. The van der Waals surface area contributed by atoms with E-state index in [4.69, 9.17) is 4.74 Å². The van der Waals surface area contributed by atoms with Gasteiger partial charge in [-0.2, -0.15) is 0 Å². The molecule has 3 aromatic rings. The Morgan fingerprint density at radius 3 is 2.33 bits per heavy atom. The number of ether oxygens (including phenoxy) is 1. The first-order valence-electron chi connectivity index (χ1n) is 11.3. The summed E-state index contributed by atoms with van der Waals surface area (Å²) >= 11 is 0. The Labute approximate surface area is 195 Å². The third kappa shape index (κ3) is 4.92. The average molecular weight is 443 g/mol. The van der Waals surface area contributed by atoms with E-state index in [1.54, 1.807) is 11.0 Å². The van der Waals surface area contributed by atoms with Crippen LogP contribution in [0.2, 0.25) is 0 Å². The Balaban J connectivity index is 1.55. The lowest BCUT2D eigenvalue weighted by Crippen LogP contribution is -2.43. The zero-order chi connectivity index (χ0) is 23.6. The van der Waals surface area contributed by atoms with Crippen molar-refractivity contribution in [1.29, 1.82) is 0 Å². The SMILES string of the molecule is CC(C)CN1C(=O)C(C)(C)COc2cc(NC(=O)c3ccc(-c4ccccc4)cc3)ccc21. The zero-order valence-corrected chi connectivity index (χ0v) is 19.6. The molecule has 0 radical (unpaired) electrons. The summed E-state index contributed by atoms with van der Waals surface area (Å²) in [6.07, 6.45) is 0. The molecule has 170 valence electrons. The lowest BCUT2D eigenvalue weighted by atomic mass is 9.92. The van der Waals surface area contributed by atoms with Crippen molar-refractivity contribution in [2.45, 2.75) is 27.7 Å². The molecule has 0 saturated heterocycles. The third-order valence-corrected chi connectivity index (χ3v) is 5.72. The number of benzene rings is 3. The molecule has 33 heavy (non-hydrogen) atoms. The quantitative estimate of drug-likeness (QED) is 0.526. The largest absolute Gasteiger partial charge is 0.490 e. The second kappa shape index (κ2) is 9.10. The van der Waals surface area contributed by atoms with Crippen molar-refractivity contribution in [3.63, 3.8) is 0 Å². The molecule has 0 spiro atoms. The minimum atomic E-state index is -0.627. The van der Waals surface area contributed by atoms with Crippen LogP contribution in [0.5, 0.6) is 5.75 Å². The first-order valence-corrected chi connectivity index (χ1v) is 11.3. The minimum absolute atomic E-state index is 0.0465. The summed E-state index contributed by atoms with van der Waals surface area (Å²) in [7, 11) is 0. The van der Waals surface area contributed by atoms with Gasteiger partial charge in [0.1, 0.15) is 12.4 Å². The molecule has 5 heteroatoms. The highest BCUT2D eigenvalue weighted by Crippen LogP contribution is 2.38. The highest BCUT2D eigenvalue weighted by molar-refractivity contribution is 6.05. The van der Waals surface area contributed by atoms with Crippen LogP contribution in [0.15, 0.2) is 72.8 Å². The molecule has 0 saturated carbocycles. The summed E-state index contributed by atoms with van der Waals surface area (Å²) < 4.78 is 6.02. The summed E-state index contributed by atoms with van der Waals surface area (Å²) in [6, 6.07) is 23.1. The van der Waals surface area contributed by atoms with Crippen molar-refractivity contribution in [3.05, 3.63) is 78.4 Å². The summed E-state index contributed by atoms with van der Waals surface area (Å²) in [5, 5.41) is 2.95. The fraction of sp³-hybridized carbons (Fsp3) is 0.286. The van der Waals surface area contributed by atoms with E-state index in [0.717, 1.165) is 16.8 Å². The van der Waals surface area contributed by atoms with Gasteiger partial charge in [-0.15, -0.1) is 0 Å². The van der Waals surface area contributed by atoms with Gasteiger partial charge in [0.05, 0.1) is 11.1 Å². The Bertz CT molecular complexity index is 1150. The molecule has 5 nitrogen and oxygen atoms in total. The van der Waals surface area contributed by atoms with Gasteiger partial charge in [0, 0.05) is 23.9 Å². The summed E-state index contributed by atoms with van der Waals surface area (Å²) in [5.74, 6) is 0.768. The summed E-state index contributed by atoms with van der Waals surface area (Å²) in [6.45, 7) is 8.86. The fourth-order valence-electron chi connectivity index (χ4n) is 3.92. The fourth-order valence-corrected chi connectivity index (χ4v) is 3.92. The van der Waals surface area contributed by atoms with Crippen molar-refractivity contribution in [3.8, 4) is 16.9 Å². The van der Waals surface area contributed by atoms with Gasteiger partial charge in [0.15, 0.2) is 0 Å². The smallest absolute Gasteiger partial charge is 0.255 e. The van der Waals surface area contributed by atoms with Gasteiger partial charge in [-0.3, -0.25) is 9.59 Å². The lowest BCUT2D eigenvalue weighted by molar-refractivity contribution is -0.127. The number of carbonyl (C=O) groups is 2. The highest BCUT2D eigenvalue weighted by atomic mass is 16.5. The molecule has 1 heterocycles. The van der Waals surface area contributed by atoms with Crippen LogP contribution in [-0.2, 0) is 4.79 Å². The standard InChI is InChI=1S/C28H30N2O3/c1-19(2)17-30-24-15-14-23(16-25(24)33-18-28(3,4)27(30)32)29-26(31)22-12-10-21(11-13-22)20-8-6-5-7-9-20/h5-16,19H,17-18H2,1-4H3,(H,29,31). The van der Waals surface area contributed by atoms with E-state index in [0.29, 0.717) is 29.5 Å². The molecule has 0 atom stereocenters. The number of carbonyl (C=O) groups excluding carboxylic acids is 2. The van der Waals surface area contributed by atoms with Gasteiger partial charge in [-0.05, 0) is 55.2 Å². The highest BCUT2D eigenvalue weighted by Gasteiger charge is 2.38. The molecule has 4 rings (SSSR count). The third-order valence-electron chi connectivity index (χ3n) is 5.72. The van der Waals surface area contributed by atoms with Crippen LogP contribution < -0.4 is 15.0 Å². The topological polar surface area (TPSA) is 58.6 Å². The Morgan fingerprint density at radius 1 is 1.00 bits per heavy atom. The maximum atomic E-state index is 13.1. The van der Waals surface area contributed by atoms with E-state index >= 15 is 0 Å². The van der Waals surface area contributed by atoms with Crippen LogP contribution in [0.25, 0.3) is 11.1 Å². The Morgan fingerprint density at radius 2 is 1.67 bits per heavy atom. The Kier molecular flexibility index (Phi) is 6.23. The van der Waals surface area contributed by atoms with Crippen LogP contribution in [-0.4, -0.2) is 25.0 Å². The van der Waals surface area contributed by atoms with E-state index in [-0.39, 0.29) is 18.4 Å².